The summed E-state index contributed by atoms with van der Waals surface area (Å²) in [5.41, 5.74) is 5.39. The van der Waals surface area contributed by atoms with Gasteiger partial charge >= 0.3 is 0 Å². The molecular formula is C21H27N3O2. The normalized spacial score (nSPS) is 17.2. The van der Waals surface area contributed by atoms with Crippen molar-refractivity contribution in [2.75, 3.05) is 16.8 Å². The number of rotatable bonds is 5. The average Bonchev–Trinajstić information content (AvgIpc) is 2.63. The molecule has 2 aromatic carbocycles. The molecule has 0 bridgehead atoms. The summed E-state index contributed by atoms with van der Waals surface area (Å²) in [7, 11) is 0. The molecule has 5 heteroatoms. The molecule has 1 saturated heterocycles. The molecule has 0 saturated carbocycles. The fraction of sp³-hybridized carbons (Fsp3) is 0.429. The maximum Gasteiger partial charge on any atom is 0.292 e. The van der Waals surface area contributed by atoms with Gasteiger partial charge in [-0.2, -0.15) is 0 Å². The third-order valence-electron chi connectivity index (χ3n) is 5.35. The van der Waals surface area contributed by atoms with Crippen LogP contribution in [0.3, 0.4) is 0 Å². The van der Waals surface area contributed by atoms with Gasteiger partial charge in [0, 0.05) is 30.9 Å². The summed E-state index contributed by atoms with van der Waals surface area (Å²) in [5, 5.41) is 15.0. The minimum atomic E-state index is -0.254. The van der Waals surface area contributed by atoms with E-state index < -0.39 is 0 Å². The minimum Gasteiger partial charge on any atom is -0.381 e. The van der Waals surface area contributed by atoms with E-state index >= 15 is 0 Å². The highest BCUT2D eigenvalue weighted by Gasteiger charge is 2.25. The number of nitrogens with one attached hydrogen (secondary N) is 1. The number of nitro benzene ring substituents is 1. The lowest BCUT2D eigenvalue weighted by atomic mass is 10.0. The molecule has 1 aliphatic heterocycles. The summed E-state index contributed by atoms with van der Waals surface area (Å²) in [6.07, 6.45) is 3.38. The van der Waals surface area contributed by atoms with Crippen molar-refractivity contribution in [2.45, 2.75) is 52.6 Å². The first kappa shape index (κ1) is 18.2. The molecule has 1 aliphatic rings. The van der Waals surface area contributed by atoms with E-state index in [0.29, 0.717) is 12.6 Å². The van der Waals surface area contributed by atoms with Gasteiger partial charge in [-0.3, -0.25) is 10.1 Å². The van der Waals surface area contributed by atoms with Crippen molar-refractivity contribution in [3.63, 3.8) is 0 Å². The first-order valence-electron chi connectivity index (χ1n) is 9.31. The highest BCUT2D eigenvalue weighted by Crippen LogP contribution is 2.33. The van der Waals surface area contributed by atoms with Crippen LogP contribution in [0.4, 0.5) is 17.1 Å². The van der Waals surface area contributed by atoms with Crippen molar-refractivity contribution < 1.29 is 4.92 Å². The van der Waals surface area contributed by atoms with Gasteiger partial charge in [-0.25, -0.2) is 0 Å². The van der Waals surface area contributed by atoms with Gasteiger partial charge < -0.3 is 10.2 Å². The fourth-order valence-corrected chi connectivity index (χ4v) is 3.58. The van der Waals surface area contributed by atoms with Crippen LogP contribution >= 0.6 is 0 Å². The lowest BCUT2D eigenvalue weighted by molar-refractivity contribution is -0.384. The average molecular weight is 353 g/mol. The monoisotopic (exact) mass is 353 g/mol. The van der Waals surface area contributed by atoms with Crippen LogP contribution in [0.2, 0.25) is 0 Å². The van der Waals surface area contributed by atoms with Crippen LogP contribution in [-0.4, -0.2) is 17.5 Å². The quantitative estimate of drug-likeness (QED) is 0.593. The first-order valence-corrected chi connectivity index (χ1v) is 9.31. The van der Waals surface area contributed by atoms with Gasteiger partial charge in [-0.15, -0.1) is 0 Å². The van der Waals surface area contributed by atoms with Gasteiger partial charge in [0.05, 0.1) is 4.92 Å². The Labute approximate surface area is 155 Å². The predicted molar refractivity (Wildman–Crippen MR) is 107 cm³/mol. The van der Waals surface area contributed by atoms with Gasteiger partial charge in [-0.05, 0) is 74.9 Å². The Morgan fingerprint density at radius 1 is 1.15 bits per heavy atom. The lowest BCUT2D eigenvalue weighted by Gasteiger charge is -2.35. The summed E-state index contributed by atoms with van der Waals surface area (Å²) < 4.78 is 0. The minimum absolute atomic E-state index is 0.207. The SMILES string of the molecule is Cc1ccc(NCc2ccc(N3CCCC[C@@H]3C)c([N+](=O)[O-])c2)cc1C. The third kappa shape index (κ3) is 3.98. The molecule has 0 radical (unpaired) electrons. The summed E-state index contributed by atoms with van der Waals surface area (Å²) in [4.78, 5) is 13.6. The molecule has 0 aromatic heterocycles. The number of piperidine rings is 1. The second-order valence-electron chi connectivity index (χ2n) is 7.27. The van der Waals surface area contributed by atoms with Crippen LogP contribution < -0.4 is 10.2 Å². The van der Waals surface area contributed by atoms with Crippen LogP contribution in [0.5, 0.6) is 0 Å². The maximum atomic E-state index is 11.6. The molecule has 0 aliphatic carbocycles. The molecule has 3 rings (SSSR count). The number of anilines is 2. The second-order valence-corrected chi connectivity index (χ2v) is 7.27. The van der Waals surface area contributed by atoms with E-state index in [2.05, 4.69) is 43.1 Å². The van der Waals surface area contributed by atoms with Gasteiger partial charge in [0.2, 0.25) is 0 Å². The van der Waals surface area contributed by atoms with Crippen molar-refractivity contribution in [3.05, 3.63) is 63.2 Å². The van der Waals surface area contributed by atoms with Gasteiger partial charge in [0.1, 0.15) is 5.69 Å². The van der Waals surface area contributed by atoms with Crippen LogP contribution in [-0.2, 0) is 6.54 Å². The molecular weight excluding hydrogens is 326 g/mol. The molecule has 5 nitrogen and oxygen atoms in total. The molecule has 2 aromatic rings. The van der Waals surface area contributed by atoms with Crippen LogP contribution in [0.15, 0.2) is 36.4 Å². The number of nitrogens with zero attached hydrogens (tertiary/aromatic N) is 2. The molecule has 1 N–H and O–H groups in total. The highest BCUT2D eigenvalue weighted by atomic mass is 16.6. The van der Waals surface area contributed by atoms with E-state index in [1.807, 2.05) is 18.2 Å². The third-order valence-corrected chi connectivity index (χ3v) is 5.35. The Bertz CT molecular complexity index is 804. The van der Waals surface area contributed by atoms with E-state index in [0.717, 1.165) is 36.3 Å². The van der Waals surface area contributed by atoms with E-state index in [9.17, 15) is 10.1 Å². The van der Waals surface area contributed by atoms with Crippen molar-refractivity contribution >= 4 is 17.1 Å². The van der Waals surface area contributed by atoms with Gasteiger partial charge in [0.15, 0.2) is 0 Å². The number of benzene rings is 2. The topological polar surface area (TPSA) is 58.4 Å². The Morgan fingerprint density at radius 2 is 1.96 bits per heavy atom. The molecule has 0 spiro atoms. The Kier molecular flexibility index (Phi) is 5.45. The Hall–Kier alpha value is -2.56. The van der Waals surface area contributed by atoms with Crippen molar-refractivity contribution in [1.82, 2.24) is 0 Å². The summed E-state index contributed by atoms with van der Waals surface area (Å²) in [6, 6.07) is 12.2. The van der Waals surface area contributed by atoms with Crippen molar-refractivity contribution in [1.29, 1.82) is 0 Å². The zero-order valence-corrected chi connectivity index (χ0v) is 15.8. The van der Waals surface area contributed by atoms with Crippen molar-refractivity contribution in [3.8, 4) is 0 Å². The number of hydrogen-bond acceptors (Lipinski definition) is 4. The zero-order chi connectivity index (χ0) is 18.7. The van der Waals surface area contributed by atoms with Gasteiger partial charge in [0.25, 0.3) is 5.69 Å². The highest BCUT2D eigenvalue weighted by molar-refractivity contribution is 5.65. The van der Waals surface area contributed by atoms with E-state index in [-0.39, 0.29) is 10.6 Å². The fourth-order valence-electron chi connectivity index (χ4n) is 3.58. The molecule has 138 valence electrons. The Balaban J connectivity index is 1.79. The second kappa shape index (κ2) is 7.77. The van der Waals surface area contributed by atoms with E-state index in [4.69, 9.17) is 0 Å². The van der Waals surface area contributed by atoms with E-state index in [1.165, 1.54) is 17.5 Å². The van der Waals surface area contributed by atoms with Crippen molar-refractivity contribution in [2.24, 2.45) is 0 Å². The summed E-state index contributed by atoms with van der Waals surface area (Å²) in [5.74, 6) is 0. The Morgan fingerprint density at radius 3 is 2.65 bits per heavy atom. The molecule has 0 amide bonds. The summed E-state index contributed by atoms with van der Waals surface area (Å²) >= 11 is 0. The summed E-state index contributed by atoms with van der Waals surface area (Å²) in [6.45, 7) is 7.78. The smallest absolute Gasteiger partial charge is 0.292 e. The zero-order valence-electron chi connectivity index (χ0n) is 15.8. The molecule has 0 unspecified atom stereocenters. The molecule has 1 heterocycles. The predicted octanol–water partition coefficient (Wildman–Crippen LogP) is 5.20. The molecule has 1 fully saturated rings. The number of nitro groups is 1. The lowest BCUT2D eigenvalue weighted by Crippen LogP contribution is -2.37. The van der Waals surface area contributed by atoms with E-state index in [1.54, 1.807) is 6.07 Å². The first-order chi connectivity index (χ1) is 12.5. The standard InChI is InChI=1S/C21H27N3O2/c1-15-7-9-19(12-16(15)2)22-14-18-8-10-20(21(13-18)24(25)26)23-11-5-4-6-17(23)3/h7-10,12-13,17,22H,4-6,11,14H2,1-3H3/t17-/m0/s1. The number of aryl methyl sites for hydroxylation is 2. The molecule has 1 atom stereocenters. The van der Waals surface area contributed by atoms with Gasteiger partial charge in [-0.1, -0.05) is 12.1 Å². The number of hydrogen-bond donors (Lipinski definition) is 1. The van der Waals surface area contributed by atoms with Crippen LogP contribution in [0.1, 0.15) is 42.9 Å². The maximum absolute atomic E-state index is 11.6. The van der Waals surface area contributed by atoms with Crippen LogP contribution in [0.25, 0.3) is 0 Å². The molecule has 26 heavy (non-hydrogen) atoms. The largest absolute Gasteiger partial charge is 0.381 e. The van der Waals surface area contributed by atoms with Crippen LogP contribution in [0, 0.1) is 24.0 Å².